The van der Waals surface area contributed by atoms with Crippen LogP contribution in [-0.4, -0.2) is 83.6 Å². The first-order valence-corrected chi connectivity index (χ1v) is 13.8. The van der Waals surface area contributed by atoms with Crippen molar-refractivity contribution in [1.29, 1.82) is 0 Å². The molecule has 4 atom stereocenters. The van der Waals surface area contributed by atoms with Gasteiger partial charge < -0.3 is 41.5 Å². The number of carbonyl (C=O) groups excluding carboxylic acids is 4. The third-order valence-corrected chi connectivity index (χ3v) is 8.61. The van der Waals surface area contributed by atoms with Gasteiger partial charge >= 0.3 is 6.03 Å². The van der Waals surface area contributed by atoms with Crippen LogP contribution < -0.4 is 21.3 Å². The number of halogens is 1. The van der Waals surface area contributed by atoms with Gasteiger partial charge in [-0.1, -0.05) is 6.07 Å². The minimum absolute atomic E-state index is 0.0501. The number of primary amides is 1. The highest BCUT2D eigenvalue weighted by atomic mass is 19.1. The van der Waals surface area contributed by atoms with Gasteiger partial charge in [0.1, 0.15) is 22.8 Å². The maximum Gasteiger partial charge on any atom is 0.323 e. The number of phenolic OH excluding ortho intramolecular Hbond substituents is 1. The van der Waals surface area contributed by atoms with Gasteiger partial charge in [0.25, 0.3) is 5.91 Å². The summed E-state index contributed by atoms with van der Waals surface area (Å²) < 4.78 is 13.6. The van der Waals surface area contributed by atoms with Gasteiger partial charge in [-0.3, -0.25) is 14.4 Å². The fourth-order valence-corrected chi connectivity index (χ4v) is 6.74. The van der Waals surface area contributed by atoms with Crippen molar-refractivity contribution >= 4 is 40.6 Å². The van der Waals surface area contributed by atoms with E-state index in [-0.39, 0.29) is 35.4 Å². The van der Waals surface area contributed by atoms with Crippen LogP contribution in [0, 0.1) is 22.6 Å². The van der Waals surface area contributed by atoms with Crippen LogP contribution in [0.15, 0.2) is 58.1 Å². The number of nitrogens with one attached hydrogen (secondary N) is 2. The van der Waals surface area contributed by atoms with E-state index in [1.54, 1.807) is 19.0 Å². The van der Waals surface area contributed by atoms with Crippen LogP contribution in [0.2, 0.25) is 0 Å². The van der Waals surface area contributed by atoms with Crippen LogP contribution in [0.25, 0.3) is 0 Å². The molecule has 3 amide bonds. The van der Waals surface area contributed by atoms with Crippen molar-refractivity contribution < 1.29 is 38.9 Å². The Hall–Kier alpha value is -5.15. The van der Waals surface area contributed by atoms with Crippen LogP contribution in [0.4, 0.5) is 26.2 Å². The van der Waals surface area contributed by atoms with Gasteiger partial charge in [-0.25, -0.2) is 9.18 Å². The number of fused-ring (bicyclic) bond motifs is 3. The lowest BCUT2D eigenvalue weighted by Crippen LogP contribution is -2.63. The van der Waals surface area contributed by atoms with Crippen molar-refractivity contribution in [1.82, 2.24) is 4.90 Å². The van der Waals surface area contributed by atoms with E-state index in [1.807, 2.05) is 0 Å². The molecule has 0 spiro atoms. The molecule has 0 aliphatic heterocycles. The number of benzene rings is 2. The Kier molecular flexibility index (Phi) is 7.71. The van der Waals surface area contributed by atoms with Gasteiger partial charge in [-0.05, 0) is 67.9 Å². The number of hydrogen-bond acceptors (Lipinski definition) is 11. The molecule has 0 saturated heterocycles. The number of ketones is 2. The van der Waals surface area contributed by atoms with Crippen molar-refractivity contribution in [3.05, 3.63) is 74.8 Å². The van der Waals surface area contributed by atoms with E-state index in [9.17, 15) is 43.8 Å². The Labute approximate surface area is 256 Å². The van der Waals surface area contributed by atoms with Crippen LogP contribution >= 0.6 is 0 Å². The largest absolute Gasteiger partial charge is 0.508 e. The smallest absolute Gasteiger partial charge is 0.323 e. The summed E-state index contributed by atoms with van der Waals surface area (Å²) in [6.07, 6.45) is -0.0428. The first-order valence-electron chi connectivity index (χ1n) is 13.8. The monoisotopic (exact) mass is 622 g/mol. The fraction of sp³-hybridized carbons (Fsp3) is 0.333. The van der Waals surface area contributed by atoms with E-state index < -0.39 is 75.6 Å². The molecule has 3 aliphatic carbocycles. The number of nitrogens with two attached hydrogens (primary N) is 1. The topological polar surface area (TPSA) is 215 Å². The Morgan fingerprint density at radius 2 is 1.80 bits per heavy atom. The zero-order valence-electron chi connectivity index (χ0n) is 24.7. The third-order valence-electron chi connectivity index (χ3n) is 8.61. The second-order valence-corrected chi connectivity index (χ2v) is 11.7. The number of anilines is 3. The summed E-state index contributed by atoms with van der Waals surface area (Å²) in [5.74, 6) is -7.87. The molecule has 0 bridgehead atoms. The number of aliphatic hydroxyl groups is 2. The number of likely N-dealkylation sites (N-methyl/N-ethyl adjacent to an activating group) is 1. The lowest BCUT2D eigenvalue weighted by molar-refractivity contribution is -0.146. The highest BCUT2D eigenvalue weighted by Gasteiger charge is 2.63. The van der Waals surface area contributed by atoms with Crippen molar-refractivity contribution in [3.8, 4) is 5.75 Å². The molecule has 0 saturated carbocycles. The SMILES string of the molecule is CN(C)c1cc(NC(=O)Nc2cccc(F)c2)c(O)c2c1C[C@H]1C[C@H]3[C@H](N(C)C)C(N=O)=C(C(N)=O)C(=O)[C@@]3(O)C(O)=C1C2=O. The van der Waals surface area contributed by atoms with Gasteiger partial charge in [-0.15, -0.1) is 4.91 Å². The quantitative estimate of drug-likeness (QED) is 0.157. The summed E-state index contributed by atoms with van der Waals surface area (Å²) in [6.45, 7) is 0. The number of hydrogen-bond donors (Lipinski definition) is 6. The molecule has 0 radical (unpaired) electrons. The average molecular weight is 623 g/mol. The Balaban J connectivity index is 1.63. The predicted octanol–water partition coefficient (Wildman–Crippen LogP) is 2.18. The highest BCUT2D eigenvalue weighted by molar-refractivity contribution is 6.25. The first kappa shape index (κ1) is 31.3. The van der Waals surface area contributed by atoms with Crippen LogP contribution in [0.5, 0.6) is 5.75 Å². The molecule has 3 aliphatic rings. The van der Waals surface area contributed by atoms with Gasteiger partial charge in [-0.2, -0.15) is 0 Å². The molecule has 7 N–H and O–H groups in total. The van der Waals surface area contributed by atoms with Crippen LogP contribution in [0.1, 0.15) is 22.3 Å². The molecular weight excluding hydrogens is 591 g/mol. The zero-order chi connectivity index (χ0) is 33.1. The summed E-state index contributed by atoms with van der Waals surface area (Å²) in [5.41, 5.74) is 1.33. The van der Waals surface area contributed by atoms with E-state index in [1.165, 1.54) is 43.3 Å². The van der Waals surface area contributed by atoms with Gasteiger partial charge in [0.2, 0.25) is 5.78 Å². The second kappa shape index (κ2) is 11.1. The molecule has 0 fully saturated rings. The predicted molar refractivity (Wildman–Crippen MR) is 160 cm³/mol. The van der Waals surface area contributed by atoms with Gasteiger partial charge in [0, 0.05) is 37.0 Å². The molecule has 5 rings (SSSR count). The highest BCUT2D eigenvalue weighted by Crippen LogP contribution is 2.54. The molecule has 15 heteroatoms. The minimum Gasteiger partial charge on any atom is -0.508 e. The summed E-state index contributed by atoms with van der Waals surface area (Å²) in [7, 11) is 6.42. The minimum atomic E-state index is -2.81. The first-order chi connectivity index (χ1) is 21.1. The number of aliphatic hydroxyl groups excluding tert-OH is 1. The molecule has 0 heterocycles. The van der Waals surface area contributed by atoms with E-state index in [4.69, 9.17) is 5.73 Å². The standard InChI is InChI=1S/C30H31FN6O8/c1-36(2)18-11-17(34-29(43)33-14-7-5-6-13(31)10-14)24(38)20-15(18)8-12-9-16-23(37(3)4)22(35-45)21(28(32)42)27(41)30(16,44)26(40)19(12)25(20)39/h5-7,10-12,16,23,38,40,44H,8-9H2,1-4H3,(H2,32,42)(H2,33,34,43)/t12-,16-,23-,30-/m0/s1. The molecule has 45 heavy (non-hydrogen) atoms. The summed E-state index contributed by atoms with van der Waals surface area (Å²) in [6, 6.07) is 4.57. The fourth-order valence-electron chi connectivity index (χ4n) is 6.74. The number of rotatable bonds is 6. The number of urea groups is 1. The average Bonchev–Trinajstić information content (AvgIpc) is 2.95. The van der Waals surface area contributed by atoms with E-state index in [0.717, 1.165) is 6.07 Å². The zero-order valence-corrected chi connectivity index (χ0v) is 24.7. The Morgan fingerprint density at radius 1 is 1.11 bits per heavy atom. The number of phenols is 1. The lowest BCUT2D eigenvalue weighted by atomic mass is 9.58. The third kappa shape index (κ3) is 4.80. The van der Waals surface area contributed by atoms with Crippen molar-refractivity contribution in [2.24, 2.45) is 22.7 Å². The second-order valence-electron chi connectivity index (χ2n) is 11.7. The maximum atomic E-state index is 14.1. The van der Waals surface area contributed by atoms with Gasteiger partial charge in [0.15, 0.2) is 17.1 Å². The molecule has 0 aromatic heterocycles. The lowest BCUT2D eigenvalue weighted by Gasteiger charge is -2.50. The number of carbonyl (C=O) groups is 4. The van der Waals surface area contributed by atoms with Crippen molar-refractivity contribution in [2.75, 3.05) is 43.7 Å². The molecule has 236 valence electrons. The van der Waals surface area contributed by atoms with Gasteiger partial charge in [0.05, 0.1) is 17.3 Å². The molecule has 0 unspecified atom stereocenters. The summed E-state index contributed by atoms with van der Waals surface area (Å²) in [5, 5.41) is 42.5. The Morgan fingerprint density at radius 3 is 2.38 bits per heavy atom. The van der Waals surface area contributed by atoms with E-state index in [0.29, 0.717) is 11.3 Å². The molecule has 2 aromatic rings. The summed E-state index contributed by atoms with van der Waals surface area (Å²) >= 11 is 0. The Bertz CT molecular complexity index is 1750. The molecular formula is C30H31FN6O8. The normalized spacial score (nSPS) is 24.1. The maximum absolute atomic E-state index is 14.1. The van der Waals surface area contributed by atoms with E-state index in [2.05, 4.69) is 15.8 Å². The van der Waals surface area contributed by atoms with Crippen LogP contribution in [-0.2, 0) is 16.0 Å². The number of aromatic hydroxyl groups is 1. The number of nitrogens with zero attached hydrogens (tertiary/aromatic N) is 3. The number of amides is 3. The van der Waals surface area contributed by atoms with Crippen LogP contribution in [0.3, 0.4) is 0 Å². The molecule has 2 aromatic carbocycles. The number of nitroso groups, excluding NO2 is 1. The van der Waals surface area contributed by atoms with Crippen molar-refractivity contribution in [2.45, 2.75) is 24.5 Å². The van der Waals surface area contributed by atoms with Crippen molar-refractivity contribution in [3.63, 3.8) is 0 Å². The number of allylic oxidation sites excluding steroid dienone is 1. The summed E-state index contributed by atoms with van der Waals surface area (Å²) in [4.78, 5) is 67.8. The number of Topliss-reactive ketones (excluding diaryl/α,β-unsaturated/α-hetero) is 2. The van der Waals surface area contributed by atoms with E-state index >= 15 is 0 Å². The molecule has 14 nitrogen and oxygen atoms in total.